The number of halogens is 4. The number of carbonyl (C=O) groups excluding carboxylic acids is 2. The zero-order valence-corrected chi connectivity index (χ0v) is 16.8. The summed E-state index contributed by atoms with van der Waals surface area (Å²) >= 11 is 7.09. The van der Waals surface area contributed by atoms with Crippen LogP contribution in [0, 0.1) is 0 Å². The van der Waals surface area contributed by atoms with Gasteiger partial charge in [-0.1, -0.05) is 11.6 Å². The molecule has 0 spiro atoms. The van der Waals surface area contributed by atoms with E-state index in [1.807, 2.05) is 5.43 Å². The van der Waals surface area contributed by atoms with Crippen LogP contribution < -0.4 is 10.9 Å². The molecule has 11 heteroatoms. The monoisotopic (exact) mass is 454 g/mol. The number of nitrogens with zero attached hydrogens (tertiary/aromatic N) is 2. The van der Waals surface area contributed by atoms with E-state index in [1.54, 1.807) is 6.07 Å². The van der Waals surface area contributed by atoms with Gasteiger partial charge in [-0.05, 0) is 55.2 Å². The molecule has 4 rings (SSSR count). The van der Waals surface area contributed by atoms with Gasteiger partial charge in [-0.25, -0.2) is 4.68 Å². The smallest absolute Gasteiger partial charge is 0.267 e. The zero-order valence-electron chi connectivity index (χ0n) is 15.2. The number of thiophene rings is 1. The van der Waals surface area contributed by atoms with E-state index in [4.69, 9.17) is 11.6 Å². The van der Waals surface area contributed by atoms with Crippen molar-refractivity contribution in [2.45, 2.75) is 25.4 Å². The summed E-state index contributed by atoms with van der Waals surface area (Å²) in [5.74, 6) is -1.71. The fraction of sp³-hybridized carbons (Fsp3) is 0.211. The van der Waals surface area contributed by atoms with Gasteiger partial charge in [-0.2, -0.15) is 18.3 Å². The van der Waals surface area contributed by atoms with Crippen molar-refractivity contribution in [3.63, 3.8) is 0 Å². The summed E-state index contributed by atoms with van der Waals surface area (Å²) in [6.45, 7) is 0. The van der Waals surface area contributed by atoms with Crippen molar-refractivity contribution in [2.75, 3.05) is 0 Å². The summed E-state index contributed by atoms with van der Waals surface area (Å²) < 4.78 is 41.6. The van der Waals surface area contributed by atoms with Gasteiger partial charge in [0.1, 0.15) is 0 Å². The fourth-order valence-corrected chi connectivity index (χ4v) is 4.52. The van der Waals surface area contributed by atoms with Gasteiger partial charge in [-0.15, -0.1) is 11.3 Å². The van der Waals surface area contributed by atoms with Crippen molar-refractivity contribution < 1.29 is 22.8 Å². The van der Waals surface area contributed by atoms with E-state index in [2.05, 4.69) is 10.5 Å². The molecule has 6 nitrogen and oxygen atoms in total. The molecule has 0 aliphatic heterocycles. The van der Waals surface area contributed by atoms with Gasteiger partial charge in [0.15, 0.2) is 5.69 Å². The van der Waals surface area contributed by atoms with E-state index in [0.29, 0.717) is 14.6 Å². The van der Waals surface area contributed by atoms with Crippen molar-refractivity contribution >= 4 is 34.8 Å². The van der Waals surface area contributed by atoms with E-state index < -0.39 is 29.2 Å². The van der Waals surface area contributed by atoms with E-state index in [0.717, 1.165) is 35.9 Å². The van der Waals surface area contributed by atoms with Gasteiger partial charge >= 0.3 is 6.18 Å². The first-order chi connectivity index (χ1) is 14.2. The number of hydrazine groups is 1. The number of fused-ring (bicyclic) bond motifs is 1. The lowest BCUT2D eigenvalue weighted by Gasteiger charge is -2.13. The quantitative estimate of drug-likeness (QED) is 0.583. The van der Waals surface area contributed by atoms with Crippen LogP contribution in [0.1, 0.15) is 42.6 Å². The molecule has 1 aliphatic carbocycles. The lowest BCUT2D eigenvalue weighted by Crippen LogP contribution is -2.42. The van der Waals surface area contributed by atoms with Crippen LogP contribution in [0.25, 0.3) is 5.69 Å². The van der Waals surface area contributed by atoms with Crippen LogP contribution in [0.4, 0.5) is 13.2 Å². The number of aromatic nitrogens is 2. The Bertz CT molecular complexity index is 1100. The number of aryl methyl sites for hydroxylation is 2. The molecule has 0 saturated carbocycles. The summed E-state index contributed by atoms with van der Waals surface area (Å²) in [4.78, 5) is 26.2. The number of nitrogens with one attached hydrogen (secondary N) is 2. The molecule has 0 bridgehead atoms. The summed E-state index contributed by atoms with van der Waals surface area (Å²) in [6, 6.07) is 7.27. The Morgan fingerprint density at radius 3 is 2.47 bits per heavy atom. The van der Waals surface area contributed by atoms with Crippen LogP contribution in [0.15, 0.2) is 36.5 Å². The largest absolute Gasteiger partial charge is 0.434 e. The molecule has 0 fully saturated rings. The normalized spacial score (nSPS) is 13.2. The molecule has 0 atom stereocenters. The molecule has 1 aliphatic rings. The first-order valence-corrected chi connectivity index (χ1v) is 10.1. The van der Waals surface area contributed by atoms with E-state index in [-0.39, 0.29) is 5.69 Å². The maximum absolute atomic E-state index is 13.7. The lowest BCUT2D eigenvalue weighted by atomic mass is 10.2. The number of benzene rings is 1. The molecule has 3 aromatic rings. The average Bonchev–Trinajstić information content (AvgIpc) is 3.39. The Kier molecular flexibility index (Phi) is 5.29. The summed E-state index contributed by atoms with van der Waals surface area (Å²) in [5, 5.41) is 4.05. The first-order valence-electron chi connectivity index (χ1n) is 8.87. The molecule has 1 aromatic carbocycles. The van der Waals surface area contributed by atoms with Crippen molar-refractivity contribution in [1.82, 2.24) is 20.6 Å². The Hall–Kier alpha value is -2.85. The second-order valence-corrected chi connectivity index (χ2v) is 8.19. The zero-order chi connectivity index (χ0) is 21.5. The van der Waals surface area contributed by atoms with Crippen molar-refractivity contribution in [2.24, 2.45) is 0 Å². The molecule has 2 N–H and O–H groups in total. The van der Waals surface area contributed by atoms with Crippen molar-refractivity contribution in [1.29, 1.82) is 0 Å². The SMILES string of the molecule is O=C(NNC(=O)c1cnn(-c2ccc(Cl)cc2)c1C(F)(F)F)c1cc2c(s1)CCC2. The number of hydrogen-bond acceptors (Lipinski definition) is 4. The highest BCUT2D eigenvalue weighted by Crippen LogP contribution is 2.34. The van der Waals surface area contributed by atoms with E-state index >= 15 is 0 Å². The van der Waals surface area contributed by atoms with Crippen LogP contribution in [0.2, 0.25) is 5.02 Å². The Labute approximate surface area is 177 Å². The maximum Gasteiger partial charge on any atom is 0.434 e. The number of amides is 2. The highest BCUT2D eigenvalue weighted by molar-refractivity contribution is 7.14. The molecule has 30 heavy (non-hydrogen) atoms. The maximum atomic E-state index is 13.7. The molecular weight excluding hydrogens is 441 g/mol. The van der Waals surface area contributed by atoms with Crippen LogP contribution in [0.5, 0.6) is 0 Å². The molecule has 2 aromatic heterocycles. The first kappa shape index (κ1) is 20.4. The molecule has 0 saturated heterocycles. The minimum absolute atomic E-state index is 0.0860. The van der Waals surface area contributed by atoms with Gasteiger partial charge in [0.05, 0.1) is 22.3 Å². The molecule has 156 valence electrons. The Balaban J connectivity index is 1.54. The third kappa shape index (κ3) is 3.92. The van der Waals surface area contributed by atoms with Crippen molar-refractivity contribution in [3.8, 4) is 5.69 Å². The van der Waals surface area contributed by atoms with Crippen LogP contribution >= 0.6 is 22.9 Å². The Morgan fingerprint density at radius 2 is 1.80 bits per heavy atom. The van der Waals surface area contributed by atoms with Crippen LogP contribution in [-0.2, 0) is 19.0 Å². The van der Waals surface area contributed by atoms with Gasteiger partial charge in [0, 0.05) is 9.90 Å². The van der Waals surface area contributed by atoms with E-state index in [1.165, 1.54) is 35.6 Å². The lowest BCUT2D eigenvalue weighted by molar-refractivity contribution is -0.143. The third-order valence-electron chi connectivity index (χ3n) is 4.61. The average molecular weight is 455 g/mol. The molecule has 2 amide bonds. The van der Waals surface area contributed by atoms with Gasteiger partial charge in [0.2, 0.25) is 0 Å². The minimum Gasteiger partial charge on any atom is -0.267 e. The second kappa shape index (κ2) is 7.77. The number of alkyl halides is 3. The molecule has 2 heterocycles. The standard InChI is InChI=1S/C19H14ClF3N4O2S/c20-11-4-6-12(7-5-11)27-16(19(21,22)23)13(9-24-27)17(28)25-26-18(29)15-8-10-2-1-3-14(10)30-15/h4-9H,1-3H2,(H,25,28)(H,26,29). The van der Waals surface area contributed by atoms with Crippen LogP contribution in [0.3, 0.4) is 0 Å². The predicted octanol–water partition coefficient (Wildman–Crippen LogP) is 4.17. The third-order valence-corrected chi connectivity index (χ3v) is 6.10. The van der Waals surface area contributed by atoms with Crippen LogP contribution in [-0.4, -0.2) is 21.6 Å². The summed E-state index contributed by atoms with van der Waals surface area (Å²) in [7, 11) is 0. The highest BCUT2D eigenvalue weighted by atomic mass is 35.5. The number of rotatable bonds is 3. The summed E-state index contributed by atoms with van der Waals surface area (Å²) in [5.41, 5.74) is 3.42. The van der Waals surface area contributed by atoms with Gasteiger partial charge in [0.25, 0.3) is 11.8 Å². The van der Waals surface area contributed by atoms with Gasteiger partial charge in [-0.3, -0.25) is 20.4 Å². The van der Waals surface area contributed by atoms with Gasteiger partial charge < -0.3 is 0 Å². The number of hydrogen-bond donors (Lipinski definition) is 2. The topological polar surface area (TPSA) is 76.0 Å². The summed E-state index contributed by atoms with van der Waals surface area (Å²) in [6.07, 6.45) is -1.22. The van der Waals surface area contributed by atoms with E-state index in [9.17, 15) is 22.8 Å². The molecular formula is C19H14ClF3N4O2S. The second-order valence-electron chi connectivity index (χ2n) is 6.61. The van der Waals surface area contributed by atoms with Crippen molar-refractivity contribution in [3.05, 3.63) is 68.1 Å². The predicted molar refractivity (Wildman–Crippen MR) is 105 cm³/mol. The minimum atomic E-state index is -4.86. The molecule has 0 unspecified atom stereocenters. The molecule has 0 radical (unpaired) electrons. The number of carbonyl (C=O) groups is 2. The highest BCUT2D eigenvalue weighted by Gasteiger charge is 2.40. The Morgan fingerprint density at radius 1 is 1.10 bits per heavy atom. The fourth-order valence-electron chi connectivity index (χ4n) is 3.25.